The zero-order valence-corrected chi connectivity index (χ0v) is 23.8. The quantitative estimate of drug-likeness (QED) is 0.0507. The van der Waals surface area contributed by atoms with E-state index in [2.05, 4.69) is 20.3 Å². The summed E-state index contributed by atoms with van der Waals surface area (Å²) >= 11 is 6.20. The van der Waals surface area contributed by atoms with E-state index in [0.29, 0.717) is 42.6 Å². The molecule has 0 fully saturated rings. The van der Waals surface area contributed by atoms with Crippen LogP contribution in [-0.4, -0.2) is 44.5 Å². The number of hydrogen-bond donors (Lipinski definition) is 5. The van der Waals surface area contributed by atoms with Crippen LogP contribution < -0.4 is 28.2 Å². The van der Waals surface area contributed by atoms with Gasteiger partial charge in [-0.15, -0.1) is 0 Å². The monoisotopic (exact) mass is 597 g/mol. The van der Waals surface area contributed by atoms with Gasteiger partial charge in [0.1, 0.15) is 5.65 Å². The van der Waals surface area contributed by atoms with Gasteiger partial charge >= 0.3 is 5.69 Å². The van der Waals surface area contributed by atoms with E-state index in [1.165, 1.54) is 16.8 Å². The summed E-state index contributed by atoms with van der Waals surface area (Å²) in [5.74, 6) is -0.583. The highest BCUT2D eigenvalue weighted by Gasteiger charge is 2.18. The van der Waals surface area contributed by atoms with Crippen LogP contribution in [-0.2, 0) is 13.0 Å². The smallest absolute Gasteiger partial charge is 0.354 e. The molecule has 0 saturated heterocycles. The maximum Gasteiger partial charge on any atom is 0.354 e. The molecule has 42 heavy (non-hydrogen) atoms. The van der Waals surface area contributed by atoms with E-state index in [-0.39, 0.29) is 46.2 Å². The molecule has 0 aliphatic carbocycles. The standard InChI is InChI=1S/C28H33ClFN9O3/c1-16(31)4-2-5-17-10-21(25(30)22(29)11-17)23-12-19-15-38(28(40)37-26(19)36-23)20-7-6-18(24(13-20)39(41)42)14-34-8-3-9-35-27(32)33/h6-7,10-13,15-16,34H,2-5,8-9,14,31H2,1H3,(H4,32,33,35)(H,36,37,40). The van der Waals surface area contributed by atoms with Crippen molar-refractivity contribution in [3.63, 3.8) is 0 Å². The zero-order valence-electron chi connectivity index (χ0n) is 23.1. The second kappa shape index (κ2) is 13.6. The lowest BCUT2D eigenvalue weighted by atomic mass is 10.0. The minimum Gasteiger partial charge on any atom is -0.370 e. The number of nitro benzene ring substituents is 1. The summed E-state index contributed by atoms with van der Waals surface area (Å²) in [7, 11) is 0. The summed E-state index contributed by atoms with van der Waals surface area (Å²) in [6.45, 7) is 3.16. The van der Waals surface area contributed by atoms with Crippen LogP contribution in [0, 0.1) is 15.9 Å². The van der Waals surface area contributed by atoms with Crippen LogP contribution in [0.1, 0.15) is 37.3 Å². The number of benzene rings is 2. The predicted octanol–water partition coefficient (Wildman–Crippen LogP) is 3.50. The van der Waals surface area contributed by atoms with Gasteiger partial charge in [0.25, 0.3) is 5.69 Å². The van der Waals surface area contributed by atoms with E-state index in [9.17, 15) is 14.9 Å². The van der Waals surface area contributed by atoms with Gasteiger partial charge in [-0.1, -0.05) is 11.6 Å². The maximum absolute atomic E-state index is 15.1. The Kier molecular flexibility index (Phi) is 9.88. The summed E-state index contributed by atoms with van der Waals surface area (Å²) in [5, 5.41) is 15.5. The molecule has 2 aromatic carbocycles. The molecule has 0 spiro atoms. The molecule has 0 amide bonds. The molecule has 2 aromatic heterocycles. The number of guanidine groups is 1. The average Bonchev–Trinajstić information content (AvgIpc) is 3.34. The molecule has 222 valence electrons. The normalized spacial score (nSPS) is 12.0. The highest BCUT2D eigenvalue weighted by Crippen LogP contribution is 2.31. The van der Waals surface area contributed by atoms with Crippen molar-refractivity contribution in [2.75, 3.05) is 13.1 Å². The lowest BCUT2D eigenvalue weighted by Gasteiger charge is -2.09. The van der Waals surface area contributed by atoms with Crippen LogP contribution in [0.25, 0.3) is 28.0 Å². The Hall–Kier alpha value is -4.33. The van der Waals surface area contributed by atoms with Gasteiger partial charge in [0, 0.05) is 47.9 Å². The van der Waals surface area contributed by atoms with Crippen LogP contribution in [0.2, 0.25) is 5.02 Å². The van der Waals surface area contributed by atoms with Crippen LogP contribution in [0.15, 0.2) is 52.4 Å². The number of nitrogens with one attached hydrogen (secondary N) is 2. The van der Waals surface area contributed by atoms with Crippen LogP contribution >= 0.6 is 11.6 Å². The number of nitrogens with zero attached hydrogens (tertiary/aromatic N) is 4. The molecule has 0 saturated carbocycles. The molecule has 0 aliphatic rings. The number of halogens is 2. The fourth-order valence-corrected chi connectivity index (χ4v) is 4.84. The fourth-order valence-electron chi connectivity index (χ4n) is 4.59. The summed E-state index contributed by atoms with van der Waals surface area (Å²) in [4.78, 5) is 35.3. The van der Waals surface area contributed by atoms with Gasteiger partial charge < -0.3 is 27.5 Å². The summed E-state index contributed by atoms with van der Waals surface area (Å²) in [6, 6.07) is 9.57. The average molecular weight is 598 g/mol. The highest BCUT2D eigenvalue weighted by atomic mass is 35.5. The third-order valence-corrected chi connectivity index (χ3v) is 6.95. The van der Waals surface area contributed by atoms with Gasteiger partial charge in [0.05, 0.1) is 21.3 Å². The Bertz CT molecular complexity index is 1680. The Morgan fingerprint density at radius 3 is 2.76 bits per heavy atom. The molecule has 14 heteroatoms. The van der Waals surface area contributed by atoms with Crippen LogP contribution in [0.3, 0.4) is 0 Å². The number of aliphatic imine (C=N–C) groups is 1. The molecule has 0 radical (unpaired) electrons. The van der Waals surface area contributed by atoms with E-state index in [0.717, 1.165) is 18.4 Å². The van der Waals surface area contributed by atoms with Crippen LogP contribution in [0.5, 0.6) is 0 Å². The van der Waals surface area contributed by atoms with Gasteiger partial charge in [0.2, 0.25) is 0 Å². The minimum atomic E-state index is -0.654. The molecule has 1 atom stereocenters. The Morgan fingerprint density at radius 1 is 1.26 bits per heavy atom. The lowest BCUT2D eigenvalue weighted by molar-refractivity contribution is -0.385. The third kappa shape index (κ3) is 7.49. The van der Waals surface area contributed by atoms with Crippen molar-refractivity contribution in [1.29, 1.82) is 0 Å². The van der Waals surface area contributed by atoms with Crippen molar-refractivity contribution in [3.8, 4) is 16.9 Å². The maximum atomic E-state index is 15.1. The molecule has 0 bridgehead atoms. The number of aryl methyl sites for hydroxylation is 1. The second-order valence-corrected chi connectivity index (χ2v) is 10.5. The van der Waals surface area contributed by atoms with Crippen molar-refractivity contribution in [2.24, 2.45) is 22.2 Å². The van der Waals surface area contributed by atoms with Gasteiger partial charge in [-0.2, -0.15) is 4.98 Å². The molecular weight excluding hydrogens is 565 g/mol. The minimum absolute atomic E-state index is 0.00884. The number of hydrogen-bond acceptors (Lipinski definition) is 7. The van der Waals surface area contributed by atoms with E-state index >= 15 is 4.39 Å². The van der Waals surface area contributed by atoms with E-state index < -0.39 is 16.4 Å². The number of aromatic amines is 1. The lowest BCUT2D eigenvalue weighted by Crippen LogP contribution is -2.23. The topological polar surface area (TPSA) is 196 Å². The number of aromatic nitrogens is 3. The first-order valence-electron chi connectivity index (χ1n) is 13.4. The molecule has 2 heterocycles. The number of fused-ring (bicyclic) bond motifs is 1. The Labute approximate surface area is 245 Å². The molecule has 1 unspecified atom stereocenters. The van der Waals surface area contributed by atoms with Crippen molar-refractivity contribution in [2.45, 2.75) is 45.2 Å². The Morgan fingerprint density at radius 2 is 2.05 bits per heavy atom. The molecule has 12 nitrogen and oxygen atoms in total. The summed E-state index contributed by atoms with van der Waals surface area (Å²) in [6.07, 6.45) is 4.49. The number of nitro groups is 1. The first-order valence-corrected chi connectivity index (χ1v) is 13.8. The molecule has 8 N–H and O–H groups in total. The Balaban J connectivity index is 1.60. The second-order valence-electron chi connectivity index (χ2n) is 10.1. The first-order chi connectivity index (χ1) is 20.0. The van der Waals surface area contributed by atoms with Crippen molar-refractivity contribution in [3.05, 3.63) is 85.2 Å². The molecule has 4 aromatic rings. The first kappa shape index (κ1) is 30.6. The van der Waals surface area contributed by atoms with Crippen LogP contribution in [0.4, 0.5) is 10.1 Å². The predicted molar refractivity (Wildman–Crippen MR) is 162 cm³/mol. The molecular formula is C28H33ClFN9O3. The largest absolute Gasteiger partial charge is 0.370 e. The number of H-pyrrole nitrogens is 1. The van der Waals surface area contributed by atoms with E-state index in [4.69, 9.17) is 28.8 Å². The summed E-state index contributed by atoms with van der Waals surface area (Å²) in [5.41, 5.74) is 18.1. The number of rotatable bonds is 13. The number of nitrogens with two attached hydrogens (primary N) is 3. The van der Waals surface area contributed by atoms with Gasteiger partial charge in [0.15, 0.2) is 11.8 Å². The zero-order chi connectivity index (χ0) is 30.4. The van der Waals surface area contributed by atoms with Gasteiger partial charge in [-0.3, -0.25) is 19.7 Å². The third-order valence-electron chi connectivity index (χ3n) is 6.68. The van der Waals surface area contributed by atoms with Crippen molar-refractivity contribution in [1.82, 2.24) is 19.9 Å². The highest BCUT2D eigenvalue weighted by molar-refractivity contribution is 6.31. The molecule has 0 aliphatic heterocycles. The van der Waals surface area contributed by atoms with Gasteiger partial charge in [-0.25, -0.2) is 9.18 Å². The van der Waals surface area contributed by atoms with Crippen molar-refractivity contribution < 1.29 is 9.31 Å². The molecule has 4 rings (SSSR count). The summed E-state index contributed by atoms with van der Waals surface area (Å²) < 4.78 is 16.3. The van der Waals surface area contributed by atoms with Crippen molar-refractivity contribution >= 4 is 34.3 Å². The fraction of sp³-hybridized carbons (Fsp3) is 0.321. The van der Waals surface area contributed by atoms with E-state index in [1.807, 2.05) is 6.92 Å². The van der Waals surface area contributed by atoms with Gasteiger partial charge in [-0.05, 0) is 75.0 Å². The van der Waals surface area contributed by atoms with E-state index in [1.54, 1.807) is 30.3 Å². The SMILES string of the molecule is CC(N)CCCc1cc(Cl)c(F)c(-c2cc3cn(-c4ccc(CNCCCN=C(N)N)c([N+](=O)[O-])c4)c(=O)nc3[nH]2)c1.